The van der Waals surface area contributed by atoms with Crippen LogP contribution in [-0.2, 0) is 0 Å². The van der Waals surface area contributed by atoms with Crippen molar-refractivity contribution < 1.29 is 22.8 Å². The second-order valence-electron chi connectivity index (χ2n) is 5.12. The van der Waals surface area contributed by atoms with E-state index in [1.54, 1.807) is 6.07 Å². The van der Waals surface area contributed by atoms with Crippen LogP contribution in [0.15, 0.2) is 46.9 Å². The predicted octanol–water partition coefficient (Wildman–Crippen LogP) is 6.25. The lowest BCUT2D eigenvalue weighted by molar-refractivity contribution is -0.0820. The quantitative estimate of drug-likeness (QED) is 0.544. The number of urea groups is 1. The number of carbonyl (C=O) groups is 2. The Morgan fingerprint density at radius 1 is 1.04 bits per heavy atom. The van der Waals surface area contributed by atoms with Crippen molar-refractivity contribution >= 4 is 62.8 Å². The first kappa shape index (κ1) is 21.3. The summed E-state index contributed by atoms with van der Waals surface area (Å²) in [5.41, 5.74) is 0.307. The van der Waals surface area contributed by atoms with E-state index in [1.807, 2.05) is 5.32 Å². The summed E-state index contributed by atoms with van der Waals surface area (Å²) in [5.74, 6) is -0.820. The highest BCUT2D eigenvalue weighted by Gasteiger charge is 2.31. The summed E-state index contributed by atoms with van der Waals surface area (Å²) in [6.07, 6.45) is -3.67. The molecule has 0 atom stereocenters. The van der Waals surface area contributed by atoms with Gasteiger partial charge in [0.2, 0.25) is 0 Å². The molecule has 2 N–H and O–H groups in total. The summed E-state index contributed by atoms with van der Waals surface area (Å²) in [7, 11) is 0. The number of nitrogens with one attached hydrogen (secondary N) is 2. The maximum absolute atomic E-state index is 12.6. The van der Waals surface area contributed by atoms with Crippen LogP contribution < -0.4 is 10.6 Å². The molecule has 27 heavy (non-hydrogen) atoms. The van der Waals surface area contributed by atoms with E-state index in [1.165, 1.54) is 36.4 Å². The minimum atomic E-state index is -4.53. The molecule has 4 nitrogen and oxygen atoms in total. The standard InChI is InChI=1S/C17H10BrCl2F3N2O2/c18-13(17(21,22)23)8-9-3-1-4-10(7-9)24-16(27)25-15(26)14-11(19)5-2-6-12(14)20/h1-8H,(H2,24,25,26,27)/b13-8-. The fraction of sp³-hybridized carbons (Fsp3) is 0.0588. The number of hydrogen-bond donors (Lipinski definition) is 2. The Morgan fingerprint density at radius 2 is 1.63 bits per heavy atom. The number of halogens is 6. The first-order valence-corrected chi connectivity index (χ1v) is 8.73. The number of rotatable bonds is 3. The topological polar surface area (TPSA) is 58.2 Å². The van der Waals surface area contributed by atoms with Gasteiger partial charge < -0.3 is 5.32 Å². The molecule has 0 unspecified atom stereocenters. The molecule has 0 radical (unpaired) electrons. The Bertz CT molecular complexity index is 897. The van der Waals surface area contributed by atoms with Gasteiger partial charge >= 0.3 is 12.2 Å². The van der Waals surface area contributed by atoms with Crippen LogP contribution in [0.1, 0.15) is 15.9 Å². The molecule has 2 rings (SSSR count). The van der Waals surface area contributed by atoms with Crippen molar-refractivity contribution in [3.63, 3.8) is 0 Å². The third-order valence-corrected chi connectivity index (χ3v) is 4.43. The molecule has 0 bridgehead atoms. The van der Waals surface area contributed by atoms with Crippen LogP contribution >= 0.6 is 39.1 Å². The van der Waals surface area contributed by atoms with Gasteiger partial charge in [0.05, 0.1) is 20.1 Å². The fourth-order valence-corrected chi connectivity index (χ4v) is 2.81. The van der Waals surface area contributed by atoms with Gasteiger partial charge in [-0.15, -0.1) is 0 Å². The van der Waals surface area contributed by atoms with E-state index in [-0.39, 0.29) is 26.9 Å². The average Bonchev–Trinajstić information content (AvgIpc) is 2.53. The van der Waals surface area contributed by atoms with Gasteiger partial charge in [0.1, 0.15) is 0 Å². The van der Waals surface area contributed by atoms with Gasteiger partial charge in [0, 0.05) is 5.69 Å². The molecule has 0 aliphatic rings. The van der Waals surface area contributed by atoms with E-state index in [0.717, 1.165) is 6.08 Å². The third kappa shape index (κ3) is 5.98. The van der Waals surface area contributed by atoms with Gasteiger partial charge in [-0.3, -0.25) is 10.1 Å². The molecule has 0 heterocycles. The van der Waals surface area contributed by atoms with Crippen LogP contribution in [0.5, 0.6) is 0 Å². The van der Waals surface area contributed by atoms with Gasteiger partial charge in [0.25, 0.3) is 5.91 Å². The van der Waals surface area contributed by atoms with Crippen molar-refractivity contribution in [2.75, 3.05) is 5.32 Å². The predicted molar refractivity (Wildman–Crippen MR) is 102 cm³/mol. The summed E-state index contributed by atoms with van der Waals surface area (Å²) in [5, 5.41) is 4.53. The van der Waals surface area contributed by atoms with E-state index in [2.05, 4.69) is 21.2 Å². The maximum Gasteiger partial charge on any atom is 0.422 e. The number of imide groups is 1. The van der Waals surface area contributed by atoms with Gasteiger partial charge in [-0.25, -0.2) is 4.79 Å². The van der Waals surface area contributed by atoms with Crippen molar-refractivity contribution in [1.82, 2.24) is 5.32 Å². The fourth-order valence-electron chi connectivity index (χ4n) is 1.98. The molecule has 2 aromatic rings. The molecular formula is C17H10BrCl2F3N2O2. The van der Waals surface area contributed by atoms with Crippen molar-refractivity contribution in [1.29, 1.82) is 0 Å². The molecular weight excluding hydrogens is 472 g/mol. The van der Waals surface area contributed by atoms with Gasteiger partial charge in [-0.2, -0.15) is 13.2 Å². The first-order chi connectivity index (χ1) is 12.6. The minimum Gasteiger partial charge on any atom is -0.308 e. The molecule has 0 aliphatic carbocycles. The molecule has 0 spiro atoms. The molecule has 10 heteroatoms. The van der Waals surface area contributed by atoms with E-state index in [9.17, 15) is 22.8 Å². The second-order valence-corrected chi connectivity index (χ2v) is 6.79. The van der Waals surface area contributed by atoms with Crippen LogP contribution in [-0.4, -0.2) is 18.1 Å². The summed E-state index contributed by atoms with van der Waals surface area (Å²) in [6.45, 7) is 0. The number of carbonyl (C=O) groups excluding carboxylic acids is 2. The van der Waals surface area contributed by atoms with Crippen molar-refractivity contribution in [2.24, 2.45) is 0 Å². The normalized spacial score (nSPS) is 11.9. The Balaban J connectivity index is 2.10. The number of amides is 3. The molecule has 2 aromatic carbocycles. The third-order valence-electron chi connectivity index (χ3n) is 3.13. The number of benzene rings is 2. The number of allylic oxidation sites excluding steroid dienone is 1. The zero-order chi connectivity index (χ0) is 20.2. The van der Waals surface area contributed by atoms with E-state index in [4.69, 9.17) is 23.2 Å². The molecule has 142 valence electrons. The second kappa shape index (κ2) is 8.77. The summed E-state index contributed by atoms with van der Waals surface area (Å²) in [4.78, 5) is 24.1. The van der Waals surface area contributed by atoms with E-state index < -0.39 is 22.6 Å². The monoisotopic (exact) mass is 480 g/mol. The molecule has 0 aromatic heterocycles. The summed E-state index contributed by atoms with van der Waals surface area (Å²) >= 11 is 14.2. The Kier molecular flexibility index (Phi) is 6.91. The van der Waals surface area contributed by atoms with Crippen molar-refractivity contribution in [2.45, 2.75) is 6.18 Å². The SMILES string of the molecule is O=C(NC(=O)c1c(Cl)cccc1Cl)Nc1cccc(/C=C(\Br)C(F)(F)F)c1. The Labute approximate surface area is 170 Å². The number of hydrogen-bond acceptors (Lipinski definition) is 2. The average molecular weight is 482 g/mol. The Hall–Kier alpha value is -2.03. The minimum absolute atomic E-state index is 0.0666. The lowest BCUT2D eigenvalue weighted by Crippen LogP contribution is -2.34. The number of anilines is 1. The van der Waals surface area contributed by atoms with Crippen molar-refractivity contribution in [3.05, 3.63) is 68.1 Å². The zero-order valence-corrected chi connectivity index (χ0v) is 16.3. The van der Waals surface area contributed by atoms with Crippen LogP contribution in [0.2, 0.25) is 10.0 Å². The molecule has 0 saturated carbocycles. The van der Waals surface area contributed by atoms with E-state index in [0.29, 0.717) is 0 Å². The number of alkyl halides is 3. The maximum atomic E-state index is 12.6. The molecule has 3 amide bonds. The van der Waals surface area contributed by atoms with Gasteiger partial charge in [-0.05, 0) is 51.8 Å². The van der Waals surface area contributed by atoms with Crippen LogP contribution in [0.4, 0.5) is 23.7 Å². The smallest absolute Gasteiger partial charge is 0.308 e. The van der Waals surface area contributed by atoms with Crippen LogP contribution in [0, 0.1) is 0 Å². The molecule has 0 aliphatic heterocycles. The zero-order valence-electron chi connectivity index (χ0n) is 13.2. The highest BCUT2D eigenvalue weighted by Crippen LogP contribution is 2.32. The van der Waals surface area contributed by atoms with Gasteiger partial charge in [0.15, 0.2) is 0 Å². The van der Waals surface area contributed by atoms with Crippen LogP contribution in [0.3, 0.4) is 0 Å². The largest absolute Gasteiger partial charge is 0.422 e. The van der Waals surface area contributed by atoms with Crippen molar-refractivity contribution in [3.8, 4) is 0 Å². The first-order valence-electron chi connectivity index (χ1n) is 7.18. The lowest BCUT2D eigenvalue weighted by atomic mass is 10.2. The summed E-state index contributed by atoms with van der Waals surface area (Å²) in [6, 6.07) is 9.15. The summed E-state index contributed by atoms with van der Waals surface area (Å²) < 4.78 is 36.7. The lowest BCUT2D eigenvalue weighted by Gasteiger charge is -2.10. The van der Waals surface area contributed by atoms with Crippen LogP contribution in [0.25, 0.3) is 6.08 Å². The highest BCUT2D eigenvalue weighted by molar-refractivity contribution is 9.11. The molecule has 0 saturated heterocycles. The Morgan fingerprint density at radius 3 is 2.22 bits per heavy atom. The van der Waals surface area contributed by atoms with E-state index >= 15 is 0 Å². The highest BCUT2D eigenvalue weighted by atomic mass is 79.9. The van der Waals surface area contributed by atoms with Gasteiger partial charge in [-0.1, -0.05) is 41.4 Å². The molecule has 0 fully saturated rings.